The van der Waals surface area contributed by atoms with Crippen molar-refractivity contribution in [1.82, 2.24) is 4.98 Å². The number of Topliss-reactive ketones (excluding diaryl/α,β-unsaturated/α-hetero) is 1. The lowest BCUT2D eigenvalue weighted by Crippen LogP contribution is -2.29. The number of carbonyl (C=O) groups excluding carboxylic acids is 2. The summed E-state index contributed by atoms with van der Waals surface area (Å²) in [5.41, 5.74) is 4.11. The molecule has 1 atom stereocenters. The summed E-state index contributed by atoms with van der Waals surface area (Å²) in [7, 11) is 0. The lowest BCUT2D eigenvalue weighted by molar-refractivity contribution is -0.132. The van der Waals surface area contributed by atoms with Gasteiger partial charge in [-0.3, -0.25) is 14.5 Å². The zero-order valence-corrected chi connectivity index (χ0v) is 23.6. The van der Waals surface area contributed by atoms with E-state index in [1.807, 2.05) is 57.2 Å². The van der Waals surface area contributed by atoms with E-state index in [2.05, 4.69) is 22.6 Å². The molecule has 0 spiro atoms. The number of aromatic nitrogens is 1. The zero-order valence-electron chi connectivity index (χ0n) is 20.6. The van der Waals surface area contributed by atoms with Crippen molar-refractivity contribution in [2.75, 3.05) is 11.5 Å². The second-order valence-corrected chi connectivity index (χ2v) is 11.3. The summed E-state index contributed by atoms with van der Waals surface area (Å²) < 4.78 is 7.61. The molecule has 8 heteroatoms. The van der Waals surface area contributed by atoms with Crippen LogP contribution in [0.25, 0.3) is 16.0 Å². The quantitative estimate of drug-likeness (QED) is 0.109. The van der Waals surface area contributed by atoms with Gasteiger partial charge in [0.1, 0.15) is 11.5 Å². The average molecular weight is 625 g/mol. The van der Waals surface area contributed by atoms with E-state index in [0.29, 0.717) is 23.1 Å². The maximum atomic E-state index is 13.5. The third-order valence-corrected chi connectivity index (χ3v) is 7.98. The topological polar surface area (TPSA) is 79.7 Å². The number of aryl methyl sites for hydroxylation is 2. The normalized spacial score (nSPS) is 17.1. The van der Waals surface area contributed by atoms with Crippen LogP contribution in [0.2, 0.25) is 0 Å². The van der Waals surface area contributed by atoms with Crippen LogP contribution in [0.4, 0.5) is 5.13 Å². The molecule has 1 aliphatic heterocycles. The van der Waals surface area contributed by atoms with Crippen molar-refractivity contribution in [1.29, 1.82) is 0 Å². The highest BCUT2D eigenvalue weighted by atomic mass is 127. The first-order valence-corrected chi connectivity index (χ1v) is 13.9. The van der Waals surface area contributed by atoms with Crippen LogP contribution in [0.3, 0.4) is 0 Å². The Balaban J connectivity index is 1.66. The van der Waals surface area contributed by atoms with E-state index >= 15 is 0 Å². The number of nitrogens with zero attached hydrogens (tertiary/aromatic N) is 2. The standard InChI is InChI=1S/C29H25IN2O4S/c1-4-13-36-21-11-7-19(8-12-21)26(33)23-25(18-5-9-20(30)10-6-18)32(28(35)27(23)34)29-31-24-17(3)14-16(2)15-22(24)37-29/h5-12,14-15,25,33H,4,13H2,1-3H3. The smallest absolute Gasteiger partial charge is 0.301 e. The Labute approximate surface area is 232 Å². The number of halogens is 1. The van der Waals surface area contributed by atoms with Gasteiger partial charge in [0.15, 0.2) is 5.13 Å². The van der Waals surface area contributed by atoms with E-state index in [0.717, 1.165) is 36.9 Å². The molecule has 0 radical (unpaired) electrons. The second kappa shape index (κ2) is 10.3. The lowest BCUT2D eigenvalue weighted by Gasteiger charge is -2.23. The molecule has 0 bridgehead atoms. The van der Waals surface area contributed by atoms with Gasteiger partial charge >= 0.3 is 5.91 Å². The molecular formula is C29H25IN2O4S. The summed E-state index contributed by atoms with van der Waals surface area (Å²) >= 11 is 3.58. The number of hydrogen-bond donors (Lipinski definition) is 1. The predicted octanol–water partition coefficient (Wildman–Crippen LogP) is 6.93. The van der Waals surface area contributed by atoms with Crippen LogP contribution in [0.1, 0.15) is 41.6 Å². The van der Waals surface area contributed by atoms with Crippen LogP contribution in [0.15, 0.2) is 66.2 Å². The molecule has 1 unspecified atom stereocenters. The summed E-state index contributed by atoms with van der Waals surface area (Å²) in [6.07, 6.45) is 0.881. The fourth-order valence-electron chi connectivity index (χ4n) is 4.54. The van der Waals surface area contributed by atoms with Gasteiger partial charge in [-0.2, -0.15) is 0 Å². The molecule has 2 heterocycles. The van der Waals surface area contributed by atoms with Gasteiger partial charge < -0.3 is 9.84 Å². The molecule has 4 aromatic rings. The molecule has 37 heavy (non-hydrogen) atoms. The third-order valence-electron chi connectivity index (χ3n) is 6.26. The largest absolute Gasteiger partial charge is 0.507 e. The number of aliphatic hydroxyl groups is 1. The maximum absolute atomic E-state index is 13.5. The van der Waals surface area contributed by atoms with Crippen LogP contribution in [-0.4, -0.2) is 28.4 Å². The number of hydrogen-bond acceptors (Lipinski definition) is 6. The van der Waals surface area contributed by atoms with Crippen molar-refractivity contribution in [2.45, 2.75) is 33.2 Å². The van der Waals surface area contributed by atoms with Crippen molar-refractivity contribution in [3.05, 3.63) is 92.1 Å². The fourth-order valence-corrected chi connectivity index (χ4v) is 6.06. The molecule has 5 rings (SSSR count). The van der Waals surface area contributed by atoms with Crippen molar-refractivity contribution < 1.29 is 19.4 Å². The first kappa shape index (κ1) is 25.4. The summed E-state index contributed by atoms with van der Waals surface area (Å²) in [4.78, 5) is 33.1. The number of thiazole rings is 1. The Hall–Kier alpha value is -3.24. The van der Waals surface area contributed by atoms with Crippen molar-refractivity contribution in [2.24, 2.45) is 0 Å². The minimum atomic E-state index is -0.810. The molecular weight excluding hydrogens is 599 g/mol. The Bertz CT molecular complexity index is 1540. The molecule has 0 saturated carbocycles. The summed E-state index contributed by atoms with van der Waals surface area (Å²) in [5, 5.41) is 11.8. The van der Waals surface area contributed by atoms with Crippen molar-refractivity contribution >= 4 is 66.7 Å². The molecule has 1 aromatic heterocycles. The molecule has 1 N–H and O–H groups in total. The van der Waals surface area contributed by atoms with E-state index in [1.165, 1.54) is 16.2 Å². The average Bonchev–Trinajstić information content (AvgIpc) is 3.42. The van der Waals surface area contributed by atoms with Crippen LogP contribution < -0.4 is 9.64 Å². The number of ether oxygens (including phenoxy) is 1. The summed E-state index contributed by atoms with van der Waals surface area (Å²) in [5.74, 6) is -0.992. The van der Waals surface area contributed by atoms with Gasteiger partial charge in [0, 0.05) is 9.13 Å². The molecule has 1 aliphatic rings. The highest BCUT2D eigenvalue weighted by Crippen LogP contribution is 2.44. The van der Waals surface area contributed by atoms with Gasteiger partial charge in [-0.1, -0.05) is 36.5 Å². The number of amides is 1. The van der Waals surface area contributed by atoms with Crippen molar-refractivity contribution in [3.63, 3.8) is 0 Å². The number of benzene rings is 3. The highest BCUT2D eigenvalue weighted by Gasteiger charge is 2.48. The first-order valence-electron chi connectivity index (χ1n) is 12.0. The van der Waals surface area contributed by atoms with Gasteiger partial charge in [0.2, 0.25) is 0 Å². The van der Waals surface area contributed by atoms with Crippen LogP contribution in [-0.2, 0) is 9.59 Å². The summed E-state index contributed by atoms with van der Waals surface area (Å²) in [6.45, 7) is 6.61. The maximum Gasteiger partial charge on any atom is 0.301 e. The fraction of sp³-hybridized carbons (Fsp3) is 0.207. The number of aliphatic hydroxyl groups excluding tert-OH is 1. The number of carbonyl (C=O) groups is 2. The molecule has 1 amide bonds. The molecule has 6 nitrogen and oxygen atoms in total. The molecule has 0 aliphatic carbocycles. The molecule has 188 valence electrons. The number of ketones is 1. The van der Waals surface area contributed by atoms with E-state index in [4.69, 9.17) is 9.72 Å². The van der Waals surface area contributed by atoms with E-state index in [1.54, 1.807) is 24.3 Å². The highest BCUT2D eigenvalue weighted by molar-refractivity contribution is 14.1. The van der Waals surface area contributed by atoms with Crippen LogP contribution in [0.5, 0.6) is 5.75 Å². The number of anilines is 1. The van der Waals surface area contributed by atoms with Crippen LogP contribution >= 0.6 is 33.9 Å². The summed E-state index contributed by atoms with van der Waals surface area (Å²) in [6, 6.07) is 17.8. The predicted molar refractivity (Wildman–Crippen MR) is 155 cm³/mol. The second-order valence-electron chi connectivity index (χ2n) is 9.02. The van der Waals surface area contributed by atoms with E-state index < -0.39 is 17.7 Å². The Morgan fingerprint density at radius 2 is 1.78 bits per heavy atom. The molecule has 3 aromatic carbocycles. The Morgan fingerprint density at radius 1 is 1.08 bits per heavy atom. The minimum Gasteiger partial charge on any atom is -0.507 e. The lowest BCUT2D eigenvalue weighted by atomic mass is 9.95. The molecule has 1 saturated heterocycles. The van der Waals surface area contributed by atoms with E-state index in [9.17, 15) is 14.7 Å². The minimum absolute atomic E-state index is 0.0422. The third kappa shape index (κ3) is 4.75. The molecule has 1 fully saturated rings. The first-order chi connectivity index (χ1) is 17.8. The van der Waals surface area contributed by atoms with Crippen molar-refractivity contribution in [3.8, 4) is 5.75 Å². The Morgan fingerprint density at radius 3 is 2.46 bits per heavy atom. The van der Waals surface area contributed by atoms with Gasteiger partial charge in [-0.15, -0.1) is 0 Å². The van der Waals surface area contributed by atoms with Crippen LogP contribution in [0, 0.1) is 17.4 Å². The number of rotatable bonds is 6. The Kier molecular flexibility index (Phi) is 7.04. The van der Waals surface area contributed by atoms with Gasteiger partial charge in [0.25, 0.3) is 5.78 Å². The zero-order chi connectivity index (χ0) is 26.3. The van der Waals surface area contributed by atoms with E-state index in [-0.39, 0.29) is 11.3 Å². The monoisotopic (exact) mass is 624 g/mol. The van der Waals surface area contributed by atoms with Gasteiger partial charge in [-0.25, -0.2) is 4.98 Å². The number of fused-ring (bicyclic) bond motifs is 1. The SMILES string of the molecule is CCCOc1ccc(C(O)=C2C(=O)C(=O)N(c3nc4c(C)cc(C)cc4s3)C2c2ccc(I)cc2)cc1. The van der Waals surface area contributed by atoms with Gasteiger partial charge in [-0.05, 0) is 102 Å². The van der Waals surface area contributed by atoms with Gasteiger partial charge in [0.05, 0.1) is 28.4 Å².